The molecule has 0 radical (unpaired) electrons. The number of amides is 1. The third-order valence-electron chi connectivity index (χ3n) is 2.85. The van der Waals surface area contributed by atoms with E-state index in [9.17, 15) is 9.90 Å². The zero-order chi connectivity index (χ0) is 11.8. The molecule has 1 saturated carbocycles. The van der Waals surface area contributed by atoms with E-state index in [0.29, 0.717) is 17.3 Å². The van der Waals surface area contributed by atoms with Crippen LogP contribution in [-0.2, 0) is 0 Å². The summed E-state index contributed by atoms with van der Waals surface area (Å²) < 4.78 is 0.914. The van der Waals surface area contributed by atoms with Gasteiger partial charge in [-0.05, 0) is 47.7 Å². The molecule has 1 aliphatic rings. The Kier molecular flexibility index (Phi) is 3.37. The highest BCUT2D eigenvalue weighted by Gasteiger charge is 2.39. The van der Waals surface area contributed by atoms with Gasteiger partial charge in [0.1, 0.15) is 0 Å². The van der Waals surface area contributed by atoms with Crippen molar-refractivity contribution in [1.82, 2.24) is 5.32 Å². The molecule has 0 bridgehead atoms. The van der Waals surface area contributed by atoms with Crippen molar-refractivity contribution < 1.29 is 9.90 Å². The lowest BCUT2D eigenvalue weighted by Gasteiger charge is -2.22. The van der Waals surface area contributed by atoms with Gasteiger partial charge >= 0.3 is 0 Å². The van der Waals surface area contributed by atoms with Crippen molar-refractivity contribution in [3.63, 3.8) is 0 Å². The number of carbonyl (C=O) groups excluding carboxylic acids is 1. The molecule has 88 valence electrons. The quantitative estimate of drug-likeness (QED) is 0.897. The summed E-state index contributed by atoms with van der Waals surface area (Å²) in [7, 11) is 0. The highest BCUT2D eigenvalue weighted by atomic mass is 79.9. The Balaban J connectivity index is 1.88. The minimum Gasteiger partial charge on any atom is -0.388 e. The molecule has 1 aliphatic carbocycles. The second-order valence-electron chi connectivity index (χ2n) is 4.44. The average molecular weight is 304 g/mol. The molecule has 0 aliphatic heterocycles. The minimum absolute atomic E-state index is 0.114. The molecule has 2 N–H and O–H groups in total. The summed E-state index contributed by atoms with van der Waals surface area (Å²) in [6, 6.07) is 1.78. The lowest BCUT2D eigenvalue weighted by molar-refractivity contribution is 0.0355. The molecule has 2 rings (SSSR count). The summed E-state index contributed by atoms with van der Waals surface area (Å²) >= 11 is 4.70. The maximum atomic E-state index is 11.7. The number of aliphatic hydroxyl groups is 1. The Labute approximate surface area is 107 Å². The minimum atomic E-state index is -0.760. The van der Waals surface area contributed by atoms with Crippen molar-refractivity contribution >= 4 is 33.2 Å². The van der Waals surface area contributed by atoms with Crippen molar-refractivity contribution in [2.24, 2.45) is 5.92 Å². The van der Waals surface area contributed by atoms with Crippen LogP contribution in [0.25, 0.3) is 0 Å². The number of rotatable bonds is 4. The van der Waals surface area contributed by atoms with Gasteiger partial charge in [-0.15, -0.1) is 11.3 Å². The molecule has 1 aromatic rings. The fourth-order valence-corrected chi connectivity index (χ4v) is 2.97. The van der Waals surface area contributed by atoms with Crippen LogP contribution in [0, 0.1) is 5.92 Å². The lowest BCUT2D eigenvalue weighted by Crippen LogP contribution is -2.42. The summed E-state index contributed by atoms with van der Waals surface area (Å²) in [5.74, 6) is 0.236. The number of halogens is 1. The Morgan fingerprint density at radius 3 is 2.94 bits per heavy atom. The molecule has 1 atom stereocenters. The Hall–Kier alpha value is -0.390. The SMILES string of the molecule is CC(O)(CNC(=O)c1cc(Br)cs1)C1CC1. The number of thiophene rings is 1. The molecular weight excluding hydrogens is 290 g/mol. The van der Waals surface area contributed by atoms with Gasteiger partial charge in [0, 0.05) is 16.4 Å². The maximum Gasteiger partial charge on any atom is 0.261 e. The monoisotopic (exact) mass is 303 g/mol. The van der Waals surface area contributed by atoms with E-state index in [1.807, 2.05) is 5.38 Å². The molecule has 5 heteroatoms. The predicted octanol–water partition coefficient (Wildman–Crippen LogP) is 2.40. The molecule has 1 heterocycles. The van der Waals surface area contributed by atoms with E-state index in [0.717, 1.165) is 17.3 Å². The first kappa shape index (κ1) is 12.1. The molecule has 1 fully saturated rings. The third-order valence-corrected chi connectivity index (χ3v) is 4.54. The lowest BCUT2D eigenvalue weighted by atomic mass is 10.0. The topological polar surface area (TPSA) is 49.3 Å². The summed E-state index contributed by atoms with van der Waals surface area (Å²) in [6.45, 7) is 2.11. The standard InChI is InChI=1S/C11H14BrNO2S/c1-11(15,7-2-3-7)6-13-10(14)9-4-8(12)5-16-9/h4-5,7,15H,2-3,6H2,1H3,(H,13,14). The first-order valence-corrected chi connectivity index (χ1v) is 6.91. The van der Waals surface area contributed by atoms with Gasteiger partial charge in [0.05, 0.1) is 10.5 Å². The van der Waals surface area contributed by atoms with E-state index in [4.69, 9.17) is 0 Å². The fourth-order valence-electron chi connectivity index (χ4n) is 1.63. The van der Waals surface area contributed by atoms with Crippen molar-refractivity contribution in [3.8, 4) is 0 Å². The van der Waals surface area contributed by atoms with Crippen LogP contribution in [0.4, 0.5) is 0 Å². The van der Waals surface area contributed by atoms with Gasteiger partial charge in [-0.25, -0.2) is 0 Å². The maximum absolute atomic E-state index is 11.7. The van der Waals surface area contributed by atoms with Crippen molar-refractivity contribution in [3.05, 3.63) is 20.8 Å². The van der Waals surface area contributed by atoms with Crippen LogP contribution in [0.3, 0.4) is 0 Å². The number of carbonyl (C=O) groups is 1. The van der Waals surface area contributed by atoms with E-state index in [2.05, 4.69) is 21.2 Å². The second-order valence-corrected chi connectivity index (χ2v) is 6.27. The number of nitrogens with one attached hydrogen (secondary N) is 1. The van der Waals surface area contributed by atoms with Gasteiger partial charge in [-0.1, -0.05) is 0 Å². The second kappa shape index (κ2) is 4.47. The first-order valence-electron chi connectivity index (χ1n) is 5.23. The smallest absolute Gasteiger partial charge is 0.261 e. The normalized spacial score (nSPS) is 19.2. The van der Waals surface area contributed by atoms with E-state index in [1.54, 1.807) is 13.0 Å². The van der Waals surface area contributed by atoms with Crippen molar-refractivity contribution in [1.29, 1.82) is 0 Å². The Morgan fingerprint density at radius 2 is 2.44 bits per heavy atom. The molecule has 1 aromatic heterocycles. The largest absolute Gasteiger partial charge is 0.388 e. The van der Waals surface area contributed by atoms with Gasteiger partial charge in [0.25, 0.3) is 5.91 Å². The summed E-state index contributed by atoms with van der Waals surface area (Å²) in [6.07, 6.45) is 2.13. The Morgan fingerprint density at radius 1 is 1.75 bits per heavy atom. The van der Waals surface area contributed by atoms with Crippen LogP contribution in [0.15, 0.2) is 15.9 Å². The van der Waals surface area contributed by atoms with E-state index in [1.165, 1.54) is 11.3 Å². The van der Waals surface area contributed by atoms with Crippen LogP contribution in [0.1, 0.15) is 29.4 Å². The van der Waals surface area contributed by atoms with Crippen LogP contribution < -0.4 is 5.32 Å². The average Bonchev–Trinajstić information content (AvgIpc) is 2.99. The van der Waals surface area contributed by atoms with Crippen molar-refractivity contribution in [2.45, 2.75) is 25.4 Å². The molecule has 1 amide bonds. The van der Waals surface area contributed by atoms with Crippen LogP contribution in [0.2, 0.25) is 0 Å². The number of hydrogen-bond acceptors (Lipinski definition) is 3. The summed E-state index contributed by atoms with van der Waals surface area (Å²) in [5.41, 5.74) is -0.760. The van der Waals surface area contributed by atoms with Gasteiger partial charge in [-0.2, -0.15) is 0 Å². The highest BCUT2D eigenvalue weighted by molar-refractivity contribution is 9.10. The molecule has 1 unspecified atom stereocenters. The van der Waals surface area contributed by atoms with Gasteiger partial charge in [0.15, 0.2) is 0 Å². The van der Waals surface area contributed by atoms with Crippen LogP contribution in [-0.4, -0.2) is 23.2 Å². The summed E-state index contributed by atoms with van der Waals surface area (Å²) in [4.78, 5) is 12.4. The predicted molar refractivity (Wildman–Crippen MR) is 67.7 cm³/mol. The highest BCUT2D eigenvalue weighted by Crippen LogP contribution is 2.39. The molecule has 0 aromatic carbocycles. The van der Waals surface area contributed by atoms with Crippen LogP contribution >= 0.6 is 27.3 Å². The Bertz CT molecular complexity index is 398. The summed E-state index contributed by atoms with van der Waals surface area (Å²) in [5, 5.41) is 14.7. The van der Waals surface area contributed by atoms with E-state index >= 15 is 0 Å². The van der Waals surface area contributed by atoms with Gasteiger partial charge in [0.2, 0.25) is 0 Å². The van der Waals surface area contributed by atoms with Crippen molar-refractivity contribution in [2.75, 3.05) is 6.54 Å². The fraction of sp³-hybridized carbons (Fsp3) is 0.545. The van der Waals surface area contributed by atoms with Gasteiger partial charge < -0.3 is 10.4 Å². The molecular formula is C11H14BrNO2S. The first-order chi connectivity index (χ1) is 7.49. The third kappa shape index (κ3) is 2.84. The molecule has 0 spiro atoms. The molecule has 16 heavy (non-hydrogen) atoms. The zero-order valence-electron chi connectivity index (χ0n) is 9.00. The molecule has 0 saturated heterocycles. The van der Waals surface area contributed by atoms with Crippen LogP contribution in [0.5, 0.6) is 0 Å². The van der Waals surface area contributed by atoms with E-state index < -0.39 is 5.60 Å². The number of hydrogen-bond donors (Lipinski definition) is 2. The van der Waals surface area contributed by atoms with E-state index in [-0.39, 0.29) is 5.91 Å². The molecule has 3 nitrogen and oxygen atoms in total. The zero-order valence-corrected chi connectivity index (χ0v) is 11.4. The van der Waals surface area contributed by atoms with Gasteiger partial charge in [-0.3, -0.25) is 4.79 Å².